The van der Waals surface area contributed by atoms with Crippen LogP contribution in [0.4, 0.5) is 0 Å². The molecule has 0 radical (unpaired) electrons. The lowest BCUT2D eigenvalue weighted by Crippen LogP contribution is -2.05. The van der Waals surface area contributed by atoms with E-state index in [1.165, 1.54) is 0 Å². The van der Waals surface area contributed by atoms with Gasteiger partial charge in [-0.1, -0.05) is 25.6 Å². The number of benzene rings is 1. The Kier molecular flexibility index (Phi) is 4.37. The van der Waals surface area contributed by atoms with Crippen LogP contribution < -0.4 is 10.5 Å². The fourth-order valence-electron chi connectivity index (χ4n) is 1.18. The van der Waals surface area contributed by atoms with E-state index in [2.05, 4.69) is 13.5 Å². The fraction of sp³-hybridized carbons (Fsp3) is 0.385. The standard InChI is InChI=1S/C13H19NO/c1-4-10(2)9-15-13-7-5-6-12(8-13)11(3)14/h5-8,11H,2,4,9,14H2,1,3H3/t11-/m1/s1. The van der Waals surface area contributed by atoms with Gasteiger partial charge in [0.1, 0.15) is 12.4 Å². The monoisotopic (exact) mass is 205 g/mol. The number of rotatable bonds is 5. The fourth-order valence-corrected chi connectivity index (χ4v) is 1.18. The van der Waals surface area contributed by atoms with Crippen molar-refractivity contribution in [3.63, 3.8) is 0 Å². The molecule has 0 spiro atoms. The molecule has 2 heteroatoms. The minimum absolute atomic E-state index is 0.0444. The lowest BCUT2D eigenvalue weighted by molar-refractivity contribution is 0.348. The van der Waals surface area contributed by atoms with Crippen molar-refractivity contribution in [3.05, 3.63) is 42.0 Å². The first-order valence-electron chi connectivity index (χ1n) is 5.28. The van der Waals surface area contributed by atoms with Crippen LogP contribution >= 0.6 is 0 Å². The normalized spacial score (nSPS) is 12.2. The second-order valence-corrected chi connectivity index (χ2v) is 3.75. The van der Waals surface area contributed by atoms with E-state index in [0.29, 0.717) is 6.61 Å². The number of hydrogen-bond acceptors (Lipinski definition) is 2. The molecule has 1 aromatic carbocycles. The molecule has 0 bridgehead atoms. The summed E-state index contributed by atoms with van der Waals surface area (Å²) in [5.74, 6) is 0.861. The highest BCUT2D eigenvalue weighted by Gasteiger charge is 2.01. The van der Waals surface area contributed by atoms with E-state index in [1.807, 2.05) is 31.2 Å². The summed E-state index contributed by atoms with van der Waals surface area (Å²) in [5.41, 5.74) is 7.98. The molecule has 2 nitrogen and oxygen atoms in total. The third-order valence-electron chi connectivity index (χ3n) is 2.33. The Labute approximate surface area is 91.7 Å². The van der Waals surface area contributed by atoms with Crippen molar-refractivity contribution < 1.29 is 4.74 Å². The summed E-state index contributed by atoms with van der Waals surface area (Å²) in [5, 5.41) is 0. The molecule has 0 unspecified atom stereocenters. The van der Waals surface area contributed by atoms with Crippen molar-refractivity contribution in [1.82, 2.24) is 0 Å². The summed E-state index contributed by atoms with van der Waals surface area (Å²) in [6.07, 6.45) is 0.951. The summed E-state index contributed by atoms with van der Waals surface area (Å²) < 4.78 is 5.59. The van der Waals surface area contributed by atoms with Gasteiger partial charge in [-0.25, -0.2) is 0 Å². The first-order valence-corrected chi connectivity index (χ1v) is 5.28. The van der Waals surface area contributed by atoms with E-state index in [-0.39, 0.29) is 6.04 Å². The molecule has 0 fully saturated rings. The number of nitrogens with two attached hydrogens (primary N) is 1. The van der Waals surface area contributed by atoms with Crippen molar-refractivity contribution in [1.29, 1.82) is 0 Å². The summed E-state index contributed by atoms with van der Waals surface area (Å²) in [7, 11) is 0. The molecular weight excluding hydrogens is 186 g/mol. The summed E-state index contributed by atoms with van der Waals surface area (Å²) in [4.78, 5) is 0. The Morgan fingerprint density at radius 2 is 2.27 bits per heavy atom. The Bertz CT molecular complexity index is 331. The van der Waals surface area contributed by atoms with Crippen molar-refractivity contribution in [2.45, 2.75) is 26.3 Å². The molecule has 1 atom stereocenters. The zero-order valence-electron chi connectivity index (χ0n) is 9.49. The SMILES string of the molecule is C=C(CC)COc1cccc([C@@H](C)N)c1. The van der Waals surface area contributed by atoms with Crippen LogP contribution in [0.25, 0.3) is 0 Å². The van der Waals surface area contributed by atoms with Gasteiger partial charge in [-0.3, -0.25) is 0 Å². The van der Waals surface area contributed by atoms with Crippen LogP contribution in [0, 0.1) is 0 Å². The maximum Gasteiger partial charge on any atom is 0.120 e. The van der Waals surface area contributed by atoms with Gasteiger partial charge in [0.2, 0.25) is 0 Å². The number of hydrogen-bond donors (Lipinski definition) is 1. The molecule has 0 saturated heterocycles. The minimum atomic E-state index is 0.0444. The van der Waals surface area contributed by atoms with Crippen LogP contribution in [-0.4, -0.2) is 6.61 Å². The van der Waals surface area contributed by atoms with Crippen LogP contribution in [0.2, 0.25) is 0 Å². The third-order valence-corrected chi connectivity index (χ3v) is 2.33. The maximum absolute atomic E-state index is 5.79. The maximum atomic E-state index is 5.79. The van der Waals surface area contributed by atoms with Crippen molar-refractivity contribution in [2.24, 2.45) is 5.73 Å². The molecule has 1 rings (SSSR count). The first-order chi connectivity index (χ1) is 7.13. The molecule has 0 saturated carbocycles. The molecule has 0 heterocycles. The second kappa shape index (κ2) is 5.56. The summed E-state index contributed by atoms with van der Waals surface area (Å²) in [6.45, 7) is 8.51. The zero-order valence-corrected chi connectivity index (χ0v) is 9.49. The molecule has 82 valence electrons. The average molecular weight is 205 g/mol. The Morgan fingerprint density at radius 3 is 2.87 bits per heavy atom. The molecule has 0 aliphatic heterocycles. The zero-order chi connectivity index (χ0) is 11.3. The van der Waals surface area contributed by atoms with Gasteiger partial charge in [0.15, 0.2) is 0 Å². The van der Waals surface area contributed by atoms with Crippen LogP contribution in [0.5, 0.6) is 5.75 Å². The predicted molar refractivity (Wildman–Crippen MR) is 64.0 cm³/mol. The molecule has 0 aromatic heterocycles. The Balaban J connectivity index is 2.61. The third kappa shape index (κ3) is 3.76. The van der Waals surface area contributed by atoms with Gasteiger partial charge < -0.3 is 10.5 Å². The largest absolute Gasteiger partial charge is 0.489 e. The van der Waals surface area contributed by atoms with E-state index in [0.717, 1.165) is 23.3 Å². The van der Waals surface area contributed by atoms with Crippen molar-refractivity contribution >= 4 is 0 Å². The lowest BCUT2D eigenvalue weighted by atomic mass is 10.1. The molecule has 2 N–H and O–H groups in total. The van der Waals surface area contributed by atoms with Crippen molar-refractivity contribution in [2.75, 3.05) is 6.61 Å². The van der Waals surface area contributed by atoms with E-state index in [9.17, 15) is 0 Å². The highest BCUT2D eigenvalue weighted by molar-refractivity contribution is 5.30. The predicted octanol–water partition coefficient (Wildman–Crippen LogP) is 3.05. The molecule has 0 amide bonds. The van der Waals surface area contributed by atoms with E-state index < -0.39 is 0 Å². The second-order valence-electron chi connectivity index (χ2n) is 3.75. The minimum Gasteiger partial charge on any atom is -0.489 e. The lowest BCUT2D eigenvalue weighted by Gasteiger charge is -2.10. The van der Waals surface area contributed by atoms with Crippen LogP contribution in [0.15, 0.2) is 36.4 Å². The van der Waals surface area contributed by atoms with Crippen LogP contribution in [-0.2, 0) is 0 Å². The number of ether oxygens (including phenoxy) is 1. The summed E-state index contributed by atoms with van der Waals surface area (Å²) >= 11 is 0. The van der Waals surface area contributed by atoms with Gasteiger partial charge in [0.05, 0.1) is 0 Å². The summed E-state index contributed by atoms with van der Waals surface area (Å²) in [6, 6.07) is 7.93. The molecule has 1 aromatic rings. The van der Waals surface area contributed by atoms with Gasteiger partial charge in [-0.2, -0.15) is 0 Å². The topological polar surface area (TPSA) is 35.2 Å². The van der Waals surface area contributed by atoms with Gasteiger partial charge in [0, 0.05) is 6.04 Å². The molecule has 0 aliphatic carbocycles. The van der Waals surface area contributed by atoms with Crippen LogP contribution in [0.3, 0.4) is 0 Å². The highest BCUT2D eigenvalue weighted by atomic mass is 16.5. The quantitative estimate of drug-likeness (QED) is 0.750. The van der Waals surface area contributed by atoms with Gasteiger partial charge in [-0.15, -0.1) is 0 Å². The molecule has 0 aliphatic rings. The van der Waals surface area contributed by atoms with E-state index >= 15 is 0 Å². The van der Waals surface area contributed by atoms with E-state index in [1.54, 1.807) is 0 Å². The smallest absolute Gasteiger partial charge is 0.120 e. The van der Waals surface area contributed by atoms with Crippen LogP contribution in [0.1, 0.15) is 31.9 Å². The molecule has 15 heavy (non-hydrogen) atoms. The van der Waals surface area contributed by atoms with Gasteiger partial charge >= 0.3 is 0 Å². The van der Waals surface area contributed by atoms with E-state index in [4.69, 9.17) is 10.5 Å². The highest BCUT2D eigenvalue weighted by Crippen LogP contribution is 2.18. The van der Waals surface area contributed by atoms with Gasteiger partial charge in [-0.05, 0) is 36.6 Å². The first kappa shape index (κ1) is 11.8. The van der Waals surface area contributed by atoms with Crippen molar-refractivity contribution in [3.8, 4) is 5.75 Å². The average Bonchev–Trinajstić information content (AvgIpc) is 2.26. The van der Waals surface area contributed by atoms with Gasteiger partial charge in [0.25, 0.3) is 0 Å². The Hall–Kier alpha value is -1.28. The molecular formula is C13H19NO. The Morgan fingerprint density at radius 1 is 1.53 bits per heavy atom.